The van der Waals surface area contributed by atoms with E-state index in [1.54, 1.807) is 30.3 Å². The summed E-state index contributed by atoms with van der Waals surface area (Å²) >= 11 is 0. The van der Waals surface area contributed by atoms with Crippen LogP contribution in [0.5, 0.6) is 23.0 Å². The fourth-order valence-electron chi connectivity index (χ4n) is 6.22. The van der Waals surface area contributed by atoms with Crippen molar-refractivity contribution in [2.45, 2.75) is 5.41 Å². The fourth-order valence-corrected chi connectivity index (χ4v) is 6.22. The average Bonchev–Trinajstić information content (AvgIpc) is 3.35. The third kappa shape index (κ3) is 4.50. The molecular formula is C38H28N2O4. The maximum Gasteiger partial charge on any atom is 0.336 e. The van der Waals surface area contributed by atoms with Gasteiger partial charge < -0.3 is 26.0 Å². The first-order valence-electron chi connectivity index (χ1n) is 14.2. The Balaban J connectivity index is 1.47. The van der Waals surface area contributed by atoms with Crippen LogP contribution in [0.15, 0.2) is 140 Å². The van der Waals surface area contributed by atoms with Gasteiger partial charge >= 0.3 is 5.97 Å². The molecule has 5 N–H and O–H groups in total. The van der Waals surface area contributed by atoms with E-state index in [0.717, 1.165) is 27.8 Å². The number of hydrogen-bond donors (Lipinski definition) is 3. The maximum absolute atomic E-state index is 12.6. The Morgan fingerprint density at radius 2 is 1.05 bits per heavy atom. The van der Waals surface area contributed by atoms with E-state index in [9.17, 15) is 9.90 Å². The van der Waals surface area contributed by atoms with Crippen molar-refractivity contribution in [3.63, 3.8) is 0 Å². The minimum atomic E-state index is -0.978. The van der Waals surface area contributed by atoms with Crippen LogP contribution >= 0.6 is 0 Å². The van der Waals surface area contributed by atoms with Gasteiger partial charge in [0.1, 0.15) is 23.0 Å². The van der Waals surface area contributed by atoms with Crippen molar-refractivity contribution >= 4 is 17.3 Å². The van der Waals surface area contributed by atoms with Gasteiger partial charge in [0.2, 0.25) is 0 Å². The molecule has 0 unspecified atom stereocenters. The van der Waals surface area contributed by atoms with Crippen molar-refractivity contribution in [2.75, 3.05) is 11.5 Å². The summed E-state index contributed by atoms with van der Waals surface area (Å²) in [6.45, 7) is 0. The summed E-state index contributed by atoms with van der Waals surface area (Å²) in [5, 5.41) is 10.3. The number of benzene rings is 6. The second kappa shape index (κ2) is 10.7. The molecule has 214 valence electrons. The number of carboxylic acid groups (broad SMARTS) is 1. The number of fused-ring (bicyclic) bond motifs is 3. The maximum atomic E-state index is 12.6. The number of nitrogens with two attached hydrogens (primary N) is 2. The van der Waals surface area contributed by atoms with Crippen LogP contribution in [0.25, 0.3) is 11.1 Å². The Labute approximate surface area is 254 Å². The van der Waals surface area contributed by atoms with Crippen LogP contribution in [-0.2, 0) is 5.41 Å². The predicted molar refractivity (Wildman–Crippen MR) is 173 cm³/mol. The van der Waals surface area contributed by atoms with Gasteiger partial charge in [0.15, 0.2) is 0 Å². The molecule has 44 heavy (non-hydrogen) atoms. The molecule has 0 bridgehead atoms. The van der Waals surface area contributed by atoms with Crippen LogP contribution in [0.2, 0.25) is 0 Å². The lowest BCUT2D eigenvalue weighted by molar-refractivity contribution is 0.0697. The van der Waals surface area contributed by atoms with Gasteiger partial charge in [-0.25, -0.2) is 4.79 Å². The molecule has 6 nitrogen and oxygen atoms in total. The molecule has 1 aliphatic carbocycles. The number of carboxylic acids is 1. The number of ether oxygens (including phenoxy) is 2. The van der Waals surface area contributed by atoms with Crippen LogP contribution in [0.4, 0.5) is 11.4 Å². The summed E-state index contributed by atoms with van der Waals surface area (Å²) in [4.78, 5) is 12.6. The Kier molecular flexibility index (Phi) is 6.52. The Morgan fingerprint density at radius 1 is 0.545 bits per heavy atom. The quantitative estimate of drug-likeness (QED) is 0.164. The zero-order valence-electron chi connectivity index (χ0n) is 23.6. The average molecular weight is 577 g/mol. The van der Waals surface area contributed by atoms with Crippen LogP contribution in [0.3, 0.4) is 0 Å². The van der Waals surface area contributed by atoms with Crippen LogP contribution in [0.1, 0.15) is 32.6 Å². The van der Waals surface area contributed by atoms with Gasteiger partial charge in [-0.2, -0.15) is 0 Å². The summed E-state index contributed by atoms with van der Waals surface area (Å²) in [5.74, 6) is 1.62. The third-order valence-corrected chi connectivity index (χ3v) is 8.06. The molecule has 7 rings (SSSR count). The van der Waals surface area contributed by atoms with E-state index in [1.165, 1.54) is 0 Å². The first-order chi connectivity index (χ1) is 21.4. The highest BCUT2D eigenvalue weighted by molar-refractivity contribution is 6.01. The molecule has 0 fully saturated rings. The summed E-state index contributed by atoms with van der Waals surface area (Å²) in [7, 11) is 0. The van der Waals surface area contributed by atoms with Gasteiger partial charge in [0.05, 0.1) is 11.0 Å². The minimum absolute atomic E-state index is 0.250. The van der Waals surface area contributed by atoms with Crippen LogP contribution in [-0.4, -0.2) is 11.1 Å². The molecule has 0 atom stereocenters. The topological polar surface area (TPSA) is 108 Å². The molecule has 6 aromatic carbocycles. The number of rotatable bonds is 7. The fraction of sp³-hybridized carbons (Fsp3) is 0.0263. The van der Waals surface area contributed by atoms with Crippen molar-refractivity contribution in [2.24, 2.45) is 0 Å². The van der Waals surface area contributed by atoms with Crippen molar-refractivity contribution in [3.8, 4) is 34.1 Å². The zero-order chi connectivity index (χ0) is 30.3. The first-order valence-corrected chi connectivity index (χ1v) is 14.2. The molecule has 0 aromatic heterocycles. The molecule has 0 aliphatic heterocycles. The second-order valence-electron chi connectivity index (χ2n) is 10.7. The van der Waals surface area contributed by atoms with Gasteiger partial charge in [-0.05, 0) is 107 Å². The highest BCUT2D eigenvalue weighted by atomic mass is 16.5. The molecule has 0 heterocycles. The number of nitrogen functional groups attached to an aromatic ring is 2. The van der Waals surface area contributed by atoms with Gasteiger partial charge in [0, 0.05) is 16.9 Å². The smallest absolute Gasteiger partial charge is 0.336 e. The number of carbonyl (C=O) groups is 1. The van der Waals surface area contributed by atoms with E-state index in [1.807, 2.05) is 91.0 Å². The molecule has 1 aliphatic rings. The molecular weight excluding hydrogens is 548 g/mol. The van der Waals surface area contributed by atoms with Crippen molar-refractivity contribution in [1.82, 2.24) is 0 Å². The highest BCUT2D eigenvalue weighted by Crippen LogP contribution is 2.57. The summed E-state index contributed by atoms with van der Waals surface area (Å²) in [5.41, 5.74) is 17.7. The molecule has 0 saturated heterocycles. The number of aromatic carboxylic acids is 1. The number of anilines is 2. The summed E-state index contributed by atoms with van der Waals surface area (Å²) in [6, 6.07) is 43.9. The third-order valence-electron chi connectivity index (χ3n) is 8.06. The minimum Gasteiger partial charge on any atom is -0.478 e. The molecule has 0 radical (unpaired) electrons. The molecule has 0 amide bonds. The largest absolute Gasteiger partial charge is 0.478 e. The molecule has 0 spiro atoms. The normalized spacial score (nSPS) is 12.6. The molecule has 6 aromatic rings. The molecule has 0 saturated carbocycles. The van der Waals surface area contributed by atoms with Gasteiger partial charge in [-0.3, -0.25) is 0 Å². The van der Waals surface area contributed by atoms with Crippen molar-refractivity contribution in [3.05, 3.63) is 167 Å². The zero-order valence-corrected chi connectivity index (χ0v) is 23.6. The SMILES string of the molecule is Nc1ccc(Oc2cccc(C3(c4cccc(Oc5ccc(N)cc5)c4)c4ccccc4-c4c(C(=O)O)cccc43)c2)cc1. The molecule has 6 heteroatoms. The van der Waals surface area contributed by atoms with E-state index in [4.69, 9.17) is 20.9 Å². The monoisotopic (exact) mass is 576 g/mol. The lowest BCUT2D eigenvalue weighted by Gasteiger charge is -2.34. The van der Waals surface area contributed by atoms with Crippen LogP contribution in [0, 0.1) is 0 Å². The Morgan fingerprint density at radius 3 is 1.59 bits per heavy atom. The van der Waals surface area contributed by atoms with Gasteiger partial charge in [-0.1, -0.05) is 60.7 Å². The second-order valence-corrected chi connectivity index (χ2v) is 10.7. The van der Waals surface area contributed by atoms with Gasteiger partial charge in [-0.15, -0.1) is 0 Å². The highest BCUT2D eigenvalue weighted by Gasteiger charge is 2.47. The van der Waals surface area contributed by atoms with E-state index < -0.39 is 11.4 Å². The Hall–Kier alpha value is -6.01. The van der Waals surface area contributed by atoms with Crippen LogP contribution < -0.4 is 20.9 Å². The van der Waals surface area contributed by atoms with E-state index in [-0.39, 0.29) is 5.56 Å². The summed E-state index contributed by atoms with van der Waals surface area (Å²) in [6.07, 6.45) is 0. The predicted octanol–water partition coefficient (Wildman–Crippen LogP) is 8.50. The Bertz CT molecular complexity index is 1930. The first kappa shape index (κ1) is 26.9. The van der Waals surface area contributed by atoms with Crippen molar-refractivity contribution in [1.29, 1.82) is 0 Å². The van der Waals surface area contributed by atoms with Crippen molar-refractivity contribution < 1.29 is 19.4 Å². The number of hydrogen-bond acceptors (Lipinski definition) is 5. The standard InChI is InChI=1S/C38H28N2O4/c39-26-14-18-28(19-15-26)43-30-8-3-6-24(22-30)38(25-7-4-9-31(23-25)44-29-20-16-27(40)17-21-29)34-12-2-1-10-32(34)36-33(37(41)42)11-5-13-35(36)38/h1-23H,39-40H2,(H,41,42). The summed E-state index contributed by atoms with van der Waals surface area (Å²) < 4.78 is 12.6. The van der Waals surface area contributed by atoms with E-state index >= 15 is 0 Å². The lowest BCUT2D eigenvalue weighted by Crippen LogP contribution is -2.28. The van der Waals surface area contributed by atoms with Gasteiger partial charge in [0.25, 0.3) is 0 Å². The van der Waals surface area contributed by atoms with E-state index in [0.29, 0.717) is 39.9 Å². The lowest BCUT2D eigenvalue weighted by atomic mass is 9.67. The van der Waals surface area contributed by atoms with E-state index in [2.05, 4.69) is 18.2 Å².